The van der Waals surface area contributed by atoms with Gasteiger partial charge in [0.1, 0.15) is 0 Å². The van der Waals surface area contributed by atoms with Crippen molar-refractivity contribution < 1.29 is 5.11 Å². The minimum absolute atomic E-state index is 0.0591. The first-order chi connectivity index (χ1) is 15.6. The number of benzene rings is 2. The van der Waals surface area contributed by atoms with Gasteiger partial charge in [-0.15, -0.1) is 0 Å². The van der Waals surface area contributed by atoms with Crippen molar-refractivity contribution in [2.24, 2.45) is 5.92 Å². The summed E-state index contributed by atoms with van der Waals surface area (Å²) in [6, 6.07) is 19.5. The zero-order chi connectivity index (χ0) is 21.7. The average molecular weight is 445 g/mol. The van der Waals surface area contributed by atoms with E-state index in [0.717, 1.165) is 49.5 Å². The standard InChI is InChI=1S/C28H29ClN2O/c29-21-7-8-23-24-16-28(26(23)15-21,25-6-2-1-5-22(24)25)18-31-12-9-19(10-13-31)14-27(32)20-4-3-11-30-17-20/h1-8,11,15,17,19,24,27,32H,9-10,12-14,16,18H2/t24-,27?,28-/m0/s1. The molecule has 3 nitrogen and oxygen atoms in total. The largest absolute Gasteiger partial charge is 0.388 e. The van der Waals surface area contributed by atoms with Crippen LogP contribution in [-0.2, 0) is 5.41 Å². The summed E-state index contributed by atoms with van der Waals surface area (Å²) < 4.78 is 0. The van der Waals surface area contributed by atoms with Crippen molar-refractivity contribution >= 4 is 11.6 Å². The third kappa shape index (κ3) is 3.30. The molecule has 6 rings (SSSR count). The van der Waals surface area contributed by atoms with Crippen molar-refractivity contribution in [1.82, 2.24) is 9.88 Å². The fraction of sp³-hybridized carbons (Fsp3) is 0.393. The second-order valence-electron chi connectivity index (χ2n) is 9.92. The molecule has 0 radical (unpaired) electrons. The maximum atomic E-state index is 10.6. The summed E-state index contributed by atoms with van der Waals surface area (Å²) in [4.78, 5) is 6.81. The molecule has 1 N–H and O–H groups in total. The van der Waals surface area contributed by atoms with Crippen LogP contribution in [0.15, 0.2) is 67.0 Å². The molecule has 0 saturated carbocycles. The van der Waals surface area contributed by atoms with E-state index in [1.54, 1.807) is 12.4 Å². The summed E-state index contributed by atoms with van der Waals surface area (Å²) in [6.07, 6.45) is 7.41. The molecule has 1 saturated heterocycles. The van der Waals surface area contributed by atoms with E-state index < -0.39 is 6.10 Å². The quantitative estimate of drug-likeness (QED) is 0.547. The van der Waals surface area contributed by atoms with E-state index >= 15 is 0 Å². The number of nitrogens with zero attached hydrogens (tertiary/aromatic N) is 2. The van der Waals surface area contributed by atoms with Crippen molar-refractivity contribution in [3.8, 4) is 0 Å². The van der Waals surface area contributed by atoms with E-state index in [9.17, 15) is 5.11 Å². The lowest BCUT2D eigenvalue weighted by atomic mass is 9.74. The number of fused-ring (bicyclic) bond motifs is 8. The molecule has 0 spiro atoms. The number of halogens is 1. The molecule has 2 bridgehead atoms. The molecule has 0 amide bonds. The van der Waals surface area contributed by atoms with Gasteiger partial charge in [0.25, 0.3) is 0 Å². The molecule has 3 atom stereocenters. The third-order valence-corrected chi connectivity index (χ3v) is 8.37. The first-order valence-corrected chi connectivity index (χ1v) is 12.2. The van der Waals surface area contributed by atoms with Crippen molar-refractivity contribution in [3.05, 3.63) is 99.8 Å². The van der Waals surface area contributed by atoms with Crippen LogP contribution in [0, 0.1) is 5.92 Å². The maximum Gasteiger partial charge on any atom is 0.0807 e. The Morgan fingerprint density at radius 1 is 1.03 bits per heavy atom. The maximum absolute atomic E-state index is 10.6. The Hall–Kier alpha value is -2.20. The van der Waals surface area contributed by atoms with Crippen molar-refractivity contribution in [3.63, 3.8) is 0 Å². The van der Waals surface area contributed by atoms with Gasteiger partial charge in [0.15, 0.2) is 0 Å². The summed E-state index contributed by atoms with van der Waals surface area (Å²) in [5, 5.41) is 11.5. The summed E-state index contributed by atoms with van der Waals surface area (Å²) in [5.74, 6) is 1.07. The summed E-state index contributed by atoms with van der Waals surface area (Å²) in [6.45, 7) is 3.25. The number of aliphatic hydroxyl groups is 1. The zero-order valence-corrected chi connectivity index (χ0v) is 19.0. The van der Waals surface area contributed by atoms with Crippen LogP contribution in [0.4, 0.5) is 0 Å². The van der Waals surface area contributed by atoms with Crippen LogP contribution in [0.5, 0.6) is 0 Å². The molecule has 164 valence electrons. The van der Waals surface area contributed by atoms with Gasteiger partial charge < -0.3 is 10.0 Å². The lowest BCUT2D eigenvalue weighted by molar-refractivity contribution is 0.101. The van der Waals surface area contributed by atoms with E-state index in [4.69, 9.17) is 11.6 Å². The number of hydrogen-bond acceptors (Lipinski definition) is 3. The molecular weight excluding hydrogens is 416 g/mol. The fourth-order valence-electron chi connectivity index (χ4n) is 6.61. The minimum atomic E-state index is -0.412. The Bertz CT molecular complexity index is 1130. The van der Waals surface area contributed by atoms with Crippen molar-refractivity contribution in [2.75, 3.05) is 19.6 Å². The van der Waals surface area contributed by atoms with Gasteiger partial charge in [0, 0.05) is 35.3 Å². The van der Waals surface area contributed by atoms with Crippen LogP contribution >= 0.6 is 11.6 Å². The highest BCUT2D eigenvalue weighted by molar-refractivity contribution is 6.30. The minimum Gasteiger partial charge on any atom is -0.388 e. The van der Waals surface area contributed by atoms with Crippen LogP contribution in [0.25, 0.3) is 0 Å². The van der Waals surface area contributed by atoms with Gasteiger partial charge in [-0.3, -0.25) is 4.98 Å². The summed E-state index contributed by atoms with van der Waals surface area (Å²) in [7, 11) is 0. The molecule has 3 aromatic rings. The number of hydrogen-bond donors (Lipinski definition) is 1. The molecule has 1 aliphatic heterocycles. The van der Waals surface area contributed by atoms with Crippen LogP contribution in [0.2, 0.25) is 5.02 Å². The Morgan fingerprint density at radius 2 is 1.84 bits per heavy atom. The van der Waals surface area contributed by atoms with E-state index in [-0.39, 0.29) is 5.41 Å². The fourth-order valence-corrected chi connectivity index (χ4v) is 6.78. The molecule has 2 heterocycles. The van der Waals surface area contributed by atoms with Crippen LogP contribution in [0.1, 0.15) is 65.5 Å². The topological polar surface area (TPSA) is 36.4 Å². The molecular formula is C28H29ClN2O. The third-order valence-electron chi connectivity index (χ3n) is 8.14. The predicted molar refractivity (Wildman–Crippen MR) is 128 cm³/mol. The first-order valence-electron chi connectivity index (χ1n) is 11.8. The second-order valence-corrected chi connectivity index (χ2v) is 10.4. The highest BCUT2D eigenvalue weighted by Crippen LogP contribution is 2.60. The normalized spacial score (nSPS) is 25.5. The predicted octanol–water partition coefficient (Wildman–Crippen LogP) is 5.71. The van der Waals surface area contributed by atoms with Gasteiger partial charge in [-0.25, -0.2) is 0 Å². The van der Waals surface area contributed by atoms with E-state index in [1.807, 2.05) is 12.1 Å². The number of piperidine rings is 1. The van der Waals surface area contributed by atoms with Gasteiger partial charge in [-0.2, -0.15) is 0 Å². The Labute approximate surface area is 195 Å². The highest BCUT2D eigenvalue weighted by atomic mass is 35.5. The molecule has 1 fully saturated rings. The number of pyridine rings is 1. The SMILES string of the molecule is OC(CC1CCN(C[C@@]23C[C@@H](c4ccccc42)c2ccc(Cl)cc23)CC1)c1cccnc1. The molecule has 2 aliphatic carbocycles. The van der Waals surface area contributed by atoms with E-state index in [2.05, 4.69) is 52.3 Å². The second kappa shape index (κ2) is 7.98. The number of aromatic nitrogens is 1. The molecule has 1 aromatic heterocycles. The Kier molecular flexibility index (Phi) is 5.09. The van der Waals surface area contributed by atoms with Crippen LogP contribution in [-0.4, -0.2) is 34.6 Å². The van der Waals surface area contributed by atoms with Gasteiger partial charge in [0.2, 0.25) is 0 Å². The lowest BCUT2D eigenvalue weighted by Crippen LogP contribution is -2.43. The summed E-state index contributed by atoms with van der Waals surface area (Å²) in [5.41, 5.74) is 6.93. The van der Waals surface area contributed by atoms with E-state index in [0.29, 0.717) is 11.8 Å². The van der Waals surface area contributed by atoms with Gasteiger partial charge in [-0.05, 0) is 90.7 Å². The number of aliphatic hydroxyl groups excluding tert-OH is 1. The molecule has 2 aromatic carbocycles. The van der Waals surface area contributed by atoms with Crippen molar-refractivity contribution in [2.45, 2.75) is 43.1 Å². The monoisotopic (exact) mass is 444 g/mol. The van der Waals surface area contributed by atoms with Gasteiger partial charge in [0.05, 0.1) is 6.10 Å². The van der Waals surface area contributed by atoms with Crippen LogP contribution < -0.4 is 0 Å². The first kappa shape index (κ1) is 20.4. The number of likely N-dealkylation sites (tertiary alicyclic amines) is 1. The van der Waals surface area contributed by atoms with E-state index in [1.165, 1.54) is 28.7 Å². The lowest BCUT2D eigenvalue weighted by Gasteiger charge is -2.40. The van der Waals surface area contributed by atoms with Crippen molar-refractivity contribution in [1.29, 1.82) is 0 Å². The zero-order valence-electron chi connectivity index (χ0n) is 18.3. The highest BCUT2D eigenvalue weighted by Gasteiger charge is 2.53. The molecule has 3 aliphatic rings. The average Bonchev–Trinajstić information content (AvgIpc) is 3.32. The smallest absolute Gasteiger partial charge is 0.0807 e. The molecule has 32 heavy (non-hydrogen) atoms. The molecule has 4 heteroatoms. The Balaban J connectivity index is 1.19. The van der Waals surface area contributed by atoms with Gasteiger partial charge >= 0.3 is 0 Å². The number of rotatable bonds is 5. The summed E-state index contributed by atoms with van der Waals surface area (Å²) >= 11 is 6.47. The van der Waals surface area contributed by atoms with Gasteiger partial charge in [-0.1, -0.05) is 48.0 Å². The van der Waals surface area contributed by atoms with Crippen LogP contribution in [0.3, 0.4) is 0 Å². The molecule has 1 unspecified atom stereocenters. The Morgan fingerprint density at radius 3 is 2.66 bits per heavy atom.